The number of nitrogens with zero attached hydrogens (tertiary/aromatic N) is 6. The zero-order chi connectivity index (χ0) is 28.6. The van der Waals surface area contributed by atoms with Gasteiger partial charge in [-0.2, -0.15) is 23.0 Å². The summed E-state index contributed by atoms with van der Waals surface area (Å²) in [5.74, 6) is -0.0823. The monoisotopic (exact) mass is 562 g/mol. The quantitative estimate of drug-likeness (QED) is 0.538. The number of alkyl halides is 3. The van der Waals surface area contributed by atoms with Crippen molar-refractivity contribution in [2.24, 2.45) is 11.8 Å². The Morgan fingerprint density at radius 1 is 1.05 bits per heavy atom. The zero-order valence-corrected chi connectivity index (χ0v) is 22.6. The number of ether oxygens (including phenoxy) is 1. The fraction of sp³-hybridized carbons (Fsp3) is 0.556. The molecule has 3 fully saturated rings. The van der Waals surface area contributed by atoms with Gasteiger partial charge in [0.2, 0.25) is 5.91 Å². The van der Waals surface area contributed by atoms with Gasteiger partial charge in [-0.25, -0.2) is 4.79 Å². The third kappa shape index (κ3) is 5.93. The normalized spacial score (nSPS) is 21.1. The molecule has 0 N–H and O–H groups in total. The number of anilines is 1. The maximum absolute atomic E-state index is 14.0. The summed E-state index contributed by atoms with van der Waals surface area (Å²) in [6.07, 6.45) is 0.259. The van der Waals surface area contributed by atoms with Gasteiger partial charge < -0.3 is 19.4 Å². The summed E-state index contributed by atoms with van der Waals surface area (Å²) < 4.78 is 48.5. The van der Waals surface area contributed by atoms with Gasteiger partial charge in [-0.3, -0.25) is 14.5 Å². The van der Waals surface area contributed by atoms with Gasteiger partial charge >= 0.3 is 12.2 Å². The maximum atomic E-state index is 14.0. The highest BCUT2D eigenvalue weighted by Gasteiger charge is 2.43. The topological polar surface area (TPSA) is 91.2 Å². The van der Waals surface area contributed by atoms with Gasteiger partial charge in [-0.1, -0.05) is 6.07 Å². The van der Waals surface area contributed by atoms with E-state index in [0.717, 1.165) is 18.9 Å². The minimum Gasteiger partial charge on any atom is -0.484 e. The number of benzene rings is 1. The Kier molecular flexibility index (Phi) is 7.76. The highest BCUT2D eigenvalue weighted by Crippen LogP contribution is 2.37. The first-order valence-electron chi connectivity index (χ1n) is 13.4. The Balaban J connectivity index is 1.18. The number of carbonyl (C=O) groups excluding carboxylic acids is 3. The van der Waals surface area contributed by atoms with Gasteiger partial charge in [-0.05, 0) is 42.4 Å². The van der Waals surface area contributed by atoms with Crippen LogP contribution in [0.4, 0.5) is 23.7 Å². The predicted octanol–water partition coefficient (Wildman–Crippen LogP) is 2.92. The lowest BCUT2D eigenvalue weighted by Gasteiger charge is -2.23. The first-order valence-corrected chi connectivity index (χ1v) is 13.4. The van der Waals surface area contributed by atoms with Crippen molar-refractivity contribution in [2.45, 2.75) is 32.5 Å². The summed E-state index contributed by atoms with van der Waals surface area (Å²) in [6, 6.07) is 3.60. The fourth-order valence-electron chi connectivity index (χ4n) is 5.78. The van der Waals surface area contributed by atoms with E-state index in [4.69, 9.17) is 4.74 Å². The maximum Gasteiger partial charge on any atom is 0.416 e. The number of aromatic nitrogens is 2. The average Bonchev–Trinajstić information content (AvgIpc) is 3.70. The largest absolute Gasteiger partial charge is 0.484 e. The van der Waals surface area contributed by atoms with Crippen molar-refractivity contribution in [1.29, 1.82) is 0 Å². The van der Waals surface area contributed by atoms with Crippen LogP contribution in [0.3, 0.4) is 0 Å². The molecule has 216 valence electrons. The van der Waals surface area contributed by atoms with Crippen molar-refractivity contribution in [3.63, 3.8) is 0 Å². The van der Waals surface area contributed by atoms with Crippen molar-refractivity contribution >= 4 is 23.5 Å². The van der Waals surface area contributed by atoms with E-state index >= 15 is 0 Å². The molecule has 2 aromatic rings. The van der Waals surface area contributed by atoms with Crippen molar-refractivity contribution in [3.8, 4) is 5.75 Å². The van der Waals surface area contributed by atoms with Crippen LogP contribution in [0.25, 0.3) is 0 Å². The van der Waals surface area contributed by atoms with Crippen molar-refractivity contribution < 1.29 is 32.3 Å². The minimum atomic E-state index is -4.56. The average molecular weight is 563 g/mol. The molecular weight excluding hydrogens is 529 g/mol. The molecule has 1 aromatic carbocycles. The summed E-state index contributed by atoms with van der Waals surface area (Å²) in [7, 11) is 1.60. The number of hydrogen-bond acceptors (Lipinski definition) is 6. The molecule has 3 amide bonds. The molecule has 0 aliphatic carbocycles. The van der Waals surface area contributed by atoms with Crippen LogP contribution in [0, 0.1) is 11.8 Å². The lowest BCUT2D eigenvalue weighted by molar-refractivity contribution is -0.138. The molecular formula is C27H33F3N6O4. The number of likely N-dealkylation sites (tertiary alicyclic amines) is 3. The zero-order valence-electron chi connectivity index (χ0n) is 22.6. The molecule has 1 aromatic heterocycles. The smallest absolute Gasteiger partial charge is 0.416 e. The molecule has 0 spiro atoms. The summed E-state index contributed by atoms with van der Waals surface area (Å²) >= 11 is 0. The number of halogens is 3. The van der Waals surface area contributed by atoms with Crippen LogP contribution in [-0.2, 0) is 22.3 Å². The SMILES string of the molecule is CC(=O)N(C)c1cnn(C(=O)N2CC3CN(Cc4ccc(OCC(=O)N5CCCC5)cc4C(F)(F)F)CC3C2)c1. The van der Waals surface area contributed by atoms with Crippen molar-refractivity contribution in [2.75, 3.05) is 57.8 Å². The lowest BCUT2D eigenvalue weighted by atomic mass is 10.0. The van der Waals surface area contributed by atoms with E-state index in [9.17, 15) is 27.6 Å². The molecule has 5 rings (SSSR count). The van der Waals surface area contributed by atoms with Gasteiger partial charge in [0, 0.05) is 59.8 Å². The first-order chi connectivity index (χ1) is 19.0. The number of rotatable bonds is 6. The number of amides is 3. The van der Waals surface area contributed by atoms with E-state index in [2.05, 4.69) is 5.10 Å². The standard InChI is InChI=1S/C27H33F3N6O4/c1-18(37)32(2)22-10-31-36(16-22)26(39)35-14-20-12-33(13-21(20)15-35)11-19-5-6-23(9-24(19)27(28,29)30)40-17-25(38)34-7-3-4-8-34/h5-6,9-10,16,20-21H,3-4,7-8,11-15,17H2,1-2H3. The molecule has 10 nitrogen and oxygen atoms in total. The Morgan fingerprint density at radius 3 is 2.35 bits per heavy atom. The van der Waals surface area contributed by atoms with Crippen LogP contribution in [0.5, 0.6) is 5.75 Å². The second-order valence-corrected chi connectivity index (χ2v) is 10.8. The van der Waals surface area contributed by atoms with Crippen LogP contribution in [0.1, 0.15) is 30.9 Å². The molecule has 3 aliphatic rings. The molecule has 13 heteroatoms. The summed E-state index contributed by atoms with van der Waals surface area (Å²) in [5.41, 5.74) is -0.101. The van der Waals surface area contributed by atoms with Gasteiger partial charge in [0.1, 0.15) is 5.75 Å². The Hall–Kier alpha value is -3.61. The molecule has 2 atom stereocenters. The molecule has 0 radical (unpaired) electrons. The van der Waals surface area contributed by atoms with Crippen LogP contribution in [-0.4, -0.2) is 95.2 Å². The van der Waals surface area contributed by atoms with E-state index in [1.165, 1.54) is 41.0 Å². The highest BCUT2D eigenvalue weighted by molar-refractivity contribution is 5.91. The van der Waals surface area contributed by atoms with Crippen LogP contribution >= 0.6 is 0 Å². The van der Waals surface area contributed by atoms with E-state index < -0.39 is 11.7 Å². The molecule has 2 unspecified atom stereocenters. The van der Waals surface area contributed by atoms with Gasteiger partial charge in [-0.15, -0.1) is 0 Å². The third-order valence-electron chi connectivity index (χ3n) is 8.06. The van der Waals surface area contributed by atoms with Crippen LogP contribution in [0.15, 0.2) is 30.6 Å². The van der Waals surface area contributed by atoms with E-state index in [1.54, 1.807) is 16.8 Å². The van der Waals surface area contributed by atoms with Crippen molar-refractivity contribution in [3.05, 3.63) is 41.7 Å². The molecule has 3 aliphatic heterocycles. The third-order valence-corrected chi connectivity index (χ3v) is 8.06. The molecule has 0 saturated carbocycles. The summed E-state index contributed by atoms with van der Waals surface area (Å²) in [6.45, 7) is 4.70. The van der Waals surface area contributed by atoms with E-state index in [1.807, 2.05) is 4.90 Å². The highest BCUT2D eigenvalue weighted by atomic mass is 19.4. The Labute approximate surface area is 230 Å². The number of fused-ring (bicyclic) bond motifs is 1. The molecule has 0 bridgehead atoms. The summed E-state index contributed by atoms with van der Waals surface area (Å²) in [4.78, 5) is 43.5. The Morgan fingerprint density at radius 2 is 1.73 bits per heavy atom. The molecule has 3 saturated heterocycles. The number of hydrogen-bond donors (Lipinski definition) is 0. The summed E-state index contributed by atoms with van der Waals surface area (Å²) in [5, 5.41) is 4.09. The first kappa shape index (κ1) is 27.9. The second kappa shape index (κ2) is 11.1. The van der Waals surface area contributed by atoms with E-state index in [0.29, 0.717) is 45.0 Å². The van der Waals surface area contributed by atoms with Crippen LogP contribution in [0.2, 0.25) is 0 Å². The predicted molar refractivity (Wildman–Crippen MR) is 139 cm³/mol. The van der Waals surface area contributed by atoms with Gasteiger partial charge in [0.25, 0.3) is 5.91 Å². The van der Waals surface area contributed by atoms with Gasteiger partial charge in [0.15, 0.2) is 6.61 Å². The minimum absolute atomic E-state index is 0.0207. The lowest BCUT2D eigenvalue weighted by Crippen LogP contribution is -2.36. The molecule has 4 heterocycles. The van der Waals surface area contributed by atoms with E-state index in [-0.39, 0.29) is 54.1 Å². The second-order valence-electron chi connectivity index (χ2n) is 10.8. The molecule has 40 heavy (non-hydrogen) atoms. The van der Waals surface area contributed by atoms with Gasteiger partial charge in [0.05, 0.1) is 23.6 Å². The van der Waals surface area contributed by atoms with Crippen molar-refractivity contribution in [1.82, 2.24) is 24.5 Å². The number of carbonyl (C=O) groups is 3. The van der Waals surface area contributed by atoms with Crippen LogP contribution < -0.4 is 9.64 Å². The Bertz CT molecular complexity index is 1260. The fourth-order valence-corrected chi connectivity index (χ4v) is 5.78.